The minimum atomic E-state index is -0.951. The van der Waals surface area contributed by atoms with Crippen molar-refractivity contribution in [2.75, 3.05) is 0 Å². The van der Waals surface area contributed by atoms with Gasteiger partial charge in [0, 0.05) is 12.0 Å². The topological polar surface area (TPSA) is 37.3 Å². The molecule has 0 aliphatic rings. The Morgan fingerprint density at radius 3 is 2.62 bits per heavy atom. The minimum absolute atomic E-state index is 0.000556. The van der Waals surface area contributed by atoms with Gasteiger partial charge in [0.2, 0.25) is 0 Å². The molecule has 0 spiro atoms. The number of carbonyl (C=O) groups is 1. The number of hydrogen-bond donors (Lipinski definition) is 1. The molecule has 0 bridgehead atoms. The van der Waals surface area contributed by atoms with Gasteiger partial charge in [-0.25, -0.2) is 8.78 Å². The summed E-state index contributed by atoms with van der Waals surface area (Å²) in [5, 5.41) is 8.44. The fourth-order valence-electron chi connectivity index (χ4n) is 1.56. The number of hydrogen-bond acceptors (Lipinski definition) is 1. The minimum Gasteiger partial charge on any atom is -0.481 e. The lowest BCUT2D eigenvalue weighted by Gasteiger charge is -2.07. The second kappa shape index (κ2) is 5.58. The molecule has 0 amide bonds. The van der Waals surface area contributed by atoms with E-state index in [4.69, 9.17) is 5.11 Å². The maximum absolute atomic E-state index is 13.7. The fourth-order valence-corrected chi connectivity index (χ4v) is 1.56. The maximum atomic E-state index is 13.7. The quantitative estimate of drug-likeness (QED) is 0.841. The first kappa shape index (κ1) is 12.6. The molecule has 0 saturated carbocycles. The summed E-state index contributed by atoms with van der Waals surface area (Å²) < 4.78 is 27.0. The second-order valence-corrected chi connectivity index (χ2v) is 3.60. The average Bonchev–Trinajstić information content (AvgIpc) is 2.23. The van der Waals surface area contributed by atoms with Crippen molar-refractivity contribution in [2.24, 2.45) is 0 Å². The number of carboxylic acids is 1. The van der Waals surface area contributed by atoms with Gasteiger partial charge in [-0.2, -0.15) is 0 Å². The summed E-state index contributed by atoms with van der Waals surface area (Å²) in [6.45, 7) is 1.79. The Balaban J connectivity index is 2.81. The summed E-state index contributed by atoms with van der Waals surface area (Å²) in [5.74, 6) is -2.08. The molecule has 0 radical (unpaired) electrons. The highest BCUT2D eigenvalue weighted by atomic mass is 19.1. The van der Waals surface area contributed by atoms with E-state index in [1.165, 1.54) is 12.1 Å². The first-order chi connectivity index (χ1) is 7.56. The molecule has 88 valence electrons. The molecule has 4 heteroatoms. The third-order valence-electron chi connectivity index (χ3n) is 2.46. The van der Waals surface area contributed by atoms with Crippen molar-refractivity contribution in [3.63, 3.8) is 0 Å². The molecule has 1 N–H and O–H groups in total. The highest BCUT2D eigenvalue weighted by molar-refractivity contribution is 5.66. The van der Waals surface area contributed by atoms with Crippen molar-refractivity contribution in [3.8, 4) is 0 Å². The van der Waals surface area contributed by atoms with Gasteiger partial charge in [-0.3, -0.25) is 4.79 Å². The zero-order chi connectivity index (χ0) is 12.1. The summed E-state index contributed by atoms with van der Waals surface area (Å²) in [6.07, 6.45) is 0.793. The lowest BCUT2D eigenvalue weighted by atomic mass is 10.0. The molecule has 0 atom stereocenters. The maximum Gasteiger partial charge on any atom is 0.303 e. The van der Waals surface area contributed by atoms with Crippen molar-refractivity contribution in [2.45, 2.75) is 32.6 Å². The van der Waals surface area contributed by atoms with Gasteiger partial charge in [0.05, 0.1) is 0 Å². The normalized spacial score (nSPS) is 10.4. The van der Waals surface area contributed by atoms with Crippen LogP contribution in [0.4, 0.5) is 8.78 Å². The van der Waals surface area contributed by atoms with Crippen LogP contribution in [0.25, 0.3) is 0 Å². The summed E-state index contributed by atoms with van der Waals surface area (Å²) in [4.78, 5) is 10.3. The highest BCUT2D eigenvalue weighted by Gasteiger charge is 2.12. The SMILES string of the molecule is CCc1ccc(F)c(CCCC(=O)O)c1F. The van der Waals surface area contributed by atoms with Crippen LogP contribution < -0.4 is 0 Å². The van der Waals surface area contributed by atoms with E-state index in [9.17, 15) is 13.6 Å². The smallest absolute Gasteiger partial charge is 0.303 e. The van der Waals surface area contributed by atoms with Crippen molar-refractivity contribution in [1.29, 1.82) is 0 Å². The number of halogens is 2. The molecule has 0 heterocycles. The number of carboxylic acid groups (broad SMARTS) is 1. The third kappa shape index (κ3) is 3.02. The Bertz CT molecular complexity index is 389. The number of rotatable bonds is 5. The molecule has 1 rings (SSSR count). The zero-order valence-electron chi connectivity index (χ0n) is 9.09. The van der Waals surface area contributed by atoms with Crippen molar-refractivity contribution < 1.29 is 18.7 Å². The summed E-state index contributed by atoms with van der Waals surface area (Å²) in [5.41, 5.74) is 0.465. The molecule has 1 aromatic rings. The molecular formula is C12H14F2O2. The molecule has 0 aliphatic carbocycles. The number of benzene rings is 1. The van der Waals surface area contributed by atoms with Crippen LogP contribution in [-0.2, 0) is 17.6 Å². The fraction of sp³-hybridized carbons (Fsp3) is 0.417. The Labute approximate surface area is 92.9 Å². The standard InChI is InChI=1S/C12H14F2O2/c1-2-8-6-7-10(13)9(12(8)14)4-3-5-11(15)16/h6-7H,2-5H2,1H3,(H,15,16). The molecule has 0 aliphatic heterocycles. The largest absolute Gasteiger partial charge is 0.481 e. The monoisotopic (exact) mass is 228 g/mol. The van der Waals surface area contributed by atoms with Gasteiger partial charge in [-0.05, 0) is 30.9 Å². The summed E-state index contributed by atoms with van der Waals surface area (Å²) in [6, 6.07) is 2.66. The van der Waals surface area contributed by atoms with E-state index in [-0.39, 0.29) is 24.8 Å². The van der Waals surface area contributed by atoms with Crippen LogP contribution in [0.1, 0.15) is 30.9 Å². The van der Waals surface area contributed by atoms with Crippen molar-refractivity contribution in [3.05, 3.63) is 34.9 Å². The average molecular weight is 228 g/mol. The van der Waals surface area contributed by atoms with Crippen LogP contribution in [0, 0.1) is 11.6 Å². The lowest BCUT2D eigenvalue weighted by molar-refractivity contribution is -0.137. The first-order valence-corrected chi connectivity index (χ1v) is 5.23. The third-order valence-corrected chi connectivity index (χ3v) is 2.46. The van der Waals surface area contributed by atoms with E-state index in [2.05, 4.69) is 0 Å². The molecule has 0 saturated heterocycles. The molecule has 1 aromatic carbocycles. The van der Waals surface area contributed by atoms with Gasteiger partial charge in [-0.1, -0.05) is 13.0 Å². The Kier molecular flexibility index (Phi) is 4.40. The van der Waals surface area contributed by atoms with E-state index in [0.717, 1.165) is 0 Å². The highest BCUT2D eigenvalue weighted by Crippen LogP contribution is 2.19. The van der Waals surface area contributed by atoms with Crippen LogP contribution in [-0.4, -0.2) is 11.1 Å². The predicted octanol–water partition coefficient (Wildman–Crippen LogP) is 2.93. The molecule has 0 fully saturated rings. The molecule has 16 heavy (non-hydrogen) atoms. The van der Waals surface area contributed by atoms with Crippen LogP contribution in [0.15, 0.2) is 12.1 Å². The van der Waals surface area contributed by atoms with Crippen molar-refractivity contribution in [1.82, 2.24) is 0 Å². The van der Waals surface area contributed by atoms with Gasteiger partial charge in [0.15, 0.2) is 0 Å². The van der Waals surface area contributed by atoms with Gasteiger partial charge >= 0.3 is 5.97 Å². The number of aliphatic carboxylic acids is 1. The number of aryl methyl sites for hydroxylation is 1. The van der Waals surface area contributed by atoms with Crippen LogP contribution in [0.3, 0.4) is 0 Å². The van der Waals surface area contributed by atoms with Gasteiger partial charge in [-0.15, -0.1) is 0 Å². The van der Waals surface area contributed by atoms with Gasteiger partial charge in [0.25, 0.3) is 0 Å². The first-order valence-electron chi connectivity index (χ1n) is 5.23. The zero-order valence-corrected chi connectivity index (χ0v) is 9.09. The molecular weight excluding hydrogens is 214 g/mol. The Morgan fingerprint density at radius 2 is 2.06 bits per heavy atom. The van der Waals surface area contributed by atoms with Crippen LogP contribution in [0.2, 0.25) is 0 Å². The molecule has 2 nitrogen and oxygen atoms in total. The van der Waals surface area contributed by atoms with Crippen molar-refractivity contribution >= 4 is 5.97 Å². The lowest BCUT2D eigenvalue weighted by Crippen LogP contribution is -2.02. The van der Waals surface area contributed by atoms with Crippen LogP contribution in [0.5, 0.6) is 0 Å². The predicted molar refractivity (Wildman–Crippen MR) is 56.3 cm³/mol. The van der Waals surface area contributed by atoms with E-state index >= 15 is 0 Å². The van der Waals surface area contributed by atoms with Crippen LogP contribution >= 0.6 is 0 Å². The van der Waals surface area contributed by atoms with Gasteiger partial charge in [0.1, 0.15) is 11.6 Å². The van der Waals surface area contributed by atoms with E-state index in [1.807, 2.05) is 0 Å². The summed E-state index contributed by atoms with van der Waals surface area (Å²) >= 11 is 0. The summed E-state index contributed by atoms with van der Waals surface area (Å²) in [7, 11) is 0. The van der Waals surface area contributed by atoms with Gasteiger partial charge < -0.3 is 5.11 Å². The van der Waals surface area contributed by atoms with E-state index in [0.29, 0.717) is 12.0 Å². The molecule has 0 aromatic heterocycles. The van der Waals surface area contributed by atoms with E-state index in [1.54, 1.807) is 6.92 Å². The Hall–Kier alpha value is -1.45. The molecule has 0 unspecified atom stereocenters. The Morgan fingerprint density at radius 1 is 1.38 bits per heavy atom. The second-order valence-electron chi connectivity index (χ2n) is 3.60. The van der Waals surface area contributed by atoms with E-state index < -0.39 is 17.6 Å².